The molecule has 2 rings (SSSR count). The molecule has 4 heteroatoms. The van der Waals surface area contributed by atoms with E-state index in [1.165, 1.54) is 10.4 Å². The summed E-state index contributed by atoms with van der Waals surface area (Å²) in [6.45, 7) is 3.19. The van der Waals surface area contributed by atoms with Crippen LogP contribution in [-0.4, -0.2) is 6.54 Å². The summed E-state index contributed by atoms with van der Waals surface area (Å²) < 4.78 is 0.876. The lowest BCUT2D eigenvalue weighted by Crippen LogP contribution is -2.20. The Kier molecular flexibility index (Phi) is 4.41. The molecule has 0 aliphatic carbocycles. The van der Waals surface area contributed by atoms with Crippen molar-refractivity contribution >= 4 is 34.3 Å². The average molecular weight is 272 g/mol. The second-order valence-corrected chi connectivity index (χ2v) is 6.27. The number of halogens is 1. The Balaban J connectivity index is 1.76. The third kappa shape index (κ3) is 3.32. The summed E-state index contributed by atoms with van der Waals surface area (Å²) in [6.07, 6.45) is 1.05. The molecule has 0 saturated heterocycles. The van der Waals surface area contributed by atoms with Crippen LogP contribution >= 0.6 is 34.3 Å². The van der Waals surface area contributed by atoms with Crippen molar-refractivity contribution in [2.75, 3.05) is 6.54 Å². The maximum Gasteiger partial charge on any atom is 0.0931 e. The molecule has 0 bridgehead atoms. The molecule has 1 atom stereocenters. The molecule has 0 fully saturated rings. The van der Waals surface area contributed by atoms with E-state index in [-0.39, 0.29) is 0 Å². The highest BCUT2D eigenvalue weighted by Gasteiger charge is 2.04. The van der Waals surface area contributed by atoms with Crippen molar-refractivity contribution in [1.82, 2.24) is 5.32 Å². The zero-order chi connectivity index (χ0) is 11.4. The first kappa shape index (κ1) is 12.1. The number of nitrogens with one attached hydrogen (secondary N) is 1. The zero-order valence-electron chi connectivity index (χ0n) is 9.07. The van der Waals surface area contributed by atoms with Crippen molar-refractivity contribution in [3.63, 3.8) is 0 Å². The van der Waals surface area contributed by atoms with Gasteiger partial charge < -0.3 is 5.32 Å². The van der Waals surface area contributed by atoms with Crippen LogP contribution in [0.4, 0.5) is 0 Å². The van der Waals surface area contributed by atoms with E-state index in [4.69, 9.17) is 11.6 Å². The molecular formula is C12H14ClNS2. The Labute approximate surface area is 109 Å². The van der Waals surface area contributed by atoms with Crippen molar-refractivity contribution in [3.8, 4) is 0 Å². The Morgan fingerprint density at radius 3 is 2.88 bits per heavy atom. The Bertz CT molecular complexity index is 422. The van der Waals surface area contributed by atoms with Crippen LogP contribution in [0.15, 0.2) is 29.0 Å². The number of thiophene rings is 2. The predicted molar refractivity (Wildman–Crippen MR) is 73.8 cm³/mol. The van der Waals surface area contributed by atoms with Gasteiger partial charge in [0.15, 0.2) is 0 Å². The van der Waals surface area contributed by atoms with Crippen molar-refractivity contribution in [2.24, 2.45) is 0 Å². The molecule has 1 N–H and O–H groups in total. The van der Waals surface area contributed by atoms with E-state index in [1.807, 2.05) is 6.07 Å². The lowest BCUT2D eigenvalue weighted by Gasteiger charge is -2.11. The molecule has 0 amide bonds. The van der Waals surface area contributed by atoms with Gasteiger partial charge in [0.25, 0.3) is 0 Å². The van der Waals surface area contributed by atoms with E-state index < -0.39 is 0 Å². The molecule has 2 aromatic rings. The Hall–Kier alpha value is -0.350. The third-order valence-corrected chi connectivity index (χ3v) is 4.49. The monoisotopic (exact) mass is 271 g/mol. The minimum absolute atomic E-state index is 0.432. The molecule has 16 heavy (non-hydrogen) atoms. The van der Waals surface area contributed by atoms with Gasteiger partial charge in [0.2, 0.25) is 0 Å². The van der Waals surface area contributed by atoms with Gasteiger partial charge in [0.05, 0.1) is 4.34 Å². The third-order valence-electron chi connectivity index (χ3n) is 2.49. The van der Waals surface area contributed by atoms with Gasteiger partial charge in [-0.25, -0.2) is 0 Å². The summed E-state index contributed by atoms with van der Waals surface area (Å²) in [4.78, 5) is 1.34. The fourth-order valence-corrected chi connectivity index (χ4v) is 3.38. The molecule has 0 spiro atoms. The summed E-state index contributed by atoms with van der Waals surface area (Å²) in [5.74, 6) is 0. The van der Waals surface area contributed by atoms with Gasteiger partial charge in [-0.2, -0.15) is 11.3 Å². The first-order valence-corrected chi connectivity index (χ1v) is 7.39. The minimum atomic E-state index is 0.432. The van der Waals surface area contributed by atoms with Crippen LogP contribution in [0.2, 0.25) is 4.34 Å². The van der Waals surface area contributed by atoms with Crippen LogP contribution in [0.25, 0.3) is 0 Å². The van der Waals surface area contributed by atoms with Gasteiger partial charge in [0, 0.05) is 17.5 Å². The van der Waals surface area contributed by atoms with Crippen LogP contribution in [-0.2, 0) is 6.42 Å². The summed E-state index contributed by atoms with van der Waals surface area (Å²) >= 11 is 9.29. The van der Waals surface area contributed by atoms with E-state index in [0.717, 1.165) is 17.3 Å². The van der Waals surface area contributed by atoms with Crippen LogP contribution in [0, 0.1) is 0 Å². The maximum absolute atomic E-state index is 5.88. The molecule has 86 valence electrons. The van der Waals surface area contributed by atoms with Gasteiger partial charge >= 0.3 is 0 Å². The van der Waals surface area contributed by atoms with Crippen LogP contribution in [0.1, 0.15) is 23.4 Å². The standard InChI is InChI=1S/C12H14ClNS2/c1-9(10-5-7-15-8-10)14-6-4-11-2-3-12(13)16-11/h2-3,5,7-9,14H,4,6H2,1H3. The summed E-state index contributed by atoms with van der Waals surface area (Å²) in [7, 11) is 0. The smallest absolute Gasteiger partial charge is 0.0931 e. The van der Waals surface area contributed by atoms with Gasteiger partial charge in [0.1, 0.15) is 0 Å². The maximum atomic E-state index is 5.88. The van der Waals surface area contributed by atoms with Crippen LogP contribution in [0.3, 0.4) is 0 Å². The summed E-state index contributed by atoms with van der Waals surface area (Å²) in [5.41, 5.74) is 1.37. The minimum Gasteiger partial charge on any atom is -0.310 e. The molecular weight excluding hydrogens is 258 g/mol. The summed E-state index contributed by atoms with van der Waals surface area (Å²) in [5, 5.41) is 7.82. The fraction of sp³-hybridized carbons (Fsp3) is 0.333. The molecule has 0 radical (unpaired) electrons. The Morgan fingerprint density at radius 2 is 2.25 bits per heavy atom. The van der Waals surface area contributed by atoms with Gasteiger partial charge in [-0.1, -0.05) is 11.6 Å². The van der Waals surface area contributed by atoms with Crippen molar-refractivity contribution in [2.45, 2.75) is 19.4 Å². The van der Waals surface area contributed by atoms with E-state index in [2.05, 4.69) is 35.1 Å². The SMILES string of the molecule is CC(NCCc1ccc(Cl)s1)c1ccsc1. The zero-order valence-corrected chi connectivity index (χ0v) is 11.5. The van der Waals surface area contributed by atoms with Crippen LogP contribution in [0.5, 0.6) is 0 Å². The molecule has 2 heterocycles. The van der Waals surface area contributed by atoms with Crippen molar-refractivity contribution in [1.29, 1.82) is 0 Å². The van der Waals surface area contributed by atoms with Gasteiger partial charge in [-0.05, 0) is 47.9 Å². The van der Waals surface area contributed by atoms with E-state index in [9.17, 15) is 0 Å². The lowest BCUT2D eigenvalue weighted by atomic mass is 10.2. The molecule has 1 unspecified atom stereocenters. The second-order valence-electron chi connectivity index (χ2n) is 3.69. The van der Waals surface area contributed by atoms with Crippen molar-refractivity contribution < 1.29 is 0 Å². The highest BCUT2D eigenvalue weighted by Crippen LogP contribution is 2.22. The highest BCUT2D eigenvalue weighted by molar-refractivity contribution is 7.16. The van der Waals surface area contributed by atoms with Crippen molar-refractivity contribution in [3.05, 3.63) is 43.7 Å². The Morgan fingerprint density at radius 1 is 1.38 bits per heavy atom. The largest absolute Gasteiger partial charge is 0.310 e. The van der Waals surface area contributed by atoms with E-state index >= 15 is 0 Å². The van der Waals surface area contributed by atoms with Gasteiger partial charge in [-0.15, -0.1) is 11.3 Å². The lowest BCUT2D eigenvalue weighted by molar-refractivity contribution is 0.580. The van der Waals surface area contributed by atoms with Gasteiger partial charge in [-0.3, -0.25) is 0 Å². The topological polar surface area (TPSA) is 12.0 Å². The quantitative estimate of drug-likeness (QED) is 0.852. The van der Waals surface area contributed by atoms with Crippen LogP contribution < -0.4 is 5.32 Å². The number of hydrogen-bond acceptors (Lipinski definition) is 3. The van der Waals surface area contributed by atoms with E-state index in [1.54, 1.807) is 22.7 Å². The highest BCUT2D eigenvalue weighted by atomic mass is 35.5. The van der Waals surface area contributed by atoms with E-state index in [0.29, 0.717) is 6.04 Å². The number of rotatable bonds is 5. The fourth-order valence-electron chi connectivity index (χ4n) is 1.54. The second kappa shape index (κ2) is 5.82. The molecule has 0 aromatic carbocycles. The average Bonchev–Trinajstić information content (AvgIpc) is 2.89. The normalized spacial score (nSPS) is 12.9. The first-order valence-electron chi connectivity index (χ1n) is 5.25. The number of hydrogen-bond donors (Lipinski definition) is 1. The molecule has 0 aliphatic heterocycles. The molecule has 2 aromatic heterocycles. The molecule has 1 nitrogen and oxygen atoms in total. The predicted octanol–water partition coefficient (Wildman–Crippen LogP) is 4.36. The molecule has 0 aliphatic rings. The molecule has 0 saturated carbocycles. The summed E-state index contributed by atoms with van der Waals surface area (Å²) in [6, 6.07) is 6.67. The first-order chi connectivity index (χ1) is 7.75.